The van der Waals surface area contributed by atoms with Crippen LogP contribution in [0, 0.1) is 0 Å². The molecular weight excluding hydrogens is 618 g/mol. The summed E-state index contributed by atoms with van der Waals surface area (Å²) in [5.74, 6) is -5.50. The lowest BCUT2D eigenvalue weighted by Crippen LogP contribution is -2.54. The second-order valence-corrected chi connectivity index (χ2v) is 11.2. The van der Waals surface area contributed by atoms with E-state index >= 15 is 0 Å². The summed E-state index contributed by atoms with van der Waals surface area (Å²) in [6.45, 7) is 2.05. The number of aromatic hydroxyl groups is 1. The van der Waals surface area contributed by atoms with Crippen molar-refractivity contribution >= 4 is 46.4 Å². The van der Waals surface area contributed by atoms with Crippen LogP contribution in [0.4, 0.5) is 0 Å². The van der Waals surface area contributed by atoms with Gasteiger partial charge in [-0.2, -0.15) is 0 Å². The molecule has 47 heavy (non-hydrogen) atoms. The Labute approximate surface area is 270 Å². The summed E-state index contributed by atoms with van der Waals surface area (Å²) in [5.41, 5.74) is 4.35. The van der Waals surface area contributed by atoms with Gasteiger partial charge in [0.05, 0.1) is 37.8 Å². The maximum Gasteiger partial charge on any atom is 0.317 e. The van der Waals surface area contributed by atoms with Crippen molar-refractivity contribution in [2.45, 2.75) is 13.0 Å². The normalized spacial score (nSPS) is 16.7. The zero-order valence-corrected chi connectivity index (χ0v) is 26.1. The number of hydrogen-bond donors (Lipinski definition) is 7. The minimum atomic E-state index is -1.07. The SMILES string of the molecule is CC(C(=O)NCC(=O)NNC(=O)c1cc2ccccc2cc1O)N1CCN(CC(=O)O)CCN(CC(=O)O)CCN(CC(=O)O)CC1. The molecule has 1 unspecified atom stereocenters. The monoisotopic (exact) mass is 659 g/mol. The van der Waals surface area contributed by atoms with Crippen molar-refractivity contribution < 1.29 is 49.2 Å². The van der Waals surface area contributed by atoms with Gasteiger partial charge >= 0.3 is 17.9 Å². The van der Waals surface area contributed by atoms with Crippen LogP contribution < -0.4 is 16.2 Å². The molecule has 17 nitrogen and oxygen atoms in total. The van der Waals surface area contributed by atoms with E-state index in [0.29, 0.717) is 5.39 Å². The second-order valence-electron chi connectivity index (χ2n) is 11.2. The number of carboxylic acid groups (broad SMARTS) is 3. The highest BCUT2D eigenvalue weighted by Gasteiger charge is 2.25. The smallest absolute Gasteiger partial charge is 0.317 e. The number of amides is 3. The van der Waals surface area contributed by atoms with E-state index in [1.54, 1.807) is 50.8 Å². The zero-order chi connectivity index (χ0) is 34.5. The number of nitrogens with zero attached hydrogens (tertiary/aromatic N) is 4. The van der Waals surface area contributed by atoms with E-state index in [-0.39, 0.29) is 83.3 Å². The number of hydrazine groups is 1. The Morgan fingerprint density at radius 3 is 1.62 bits per heavy atom. The first-order valence-electron chi connectivity index (χ1n) is 15.0. The van der Waals surface area contributed by atoms with Gasteiger partial charge < -0.3 is 25.7 Å². The van der Waals surface area contributed by atoms with Gasteiger partial charge in [0.25, 0.3) is 11.8 Å². The number of phenolic OH excluding ortho intramolecular Hbond substituents is 1. The van der Waals surface area contributed by atoms with E-state index in [1.165, 1.54) is 12.1 Å². The highest BCUT2D eigenvalue weighted by molar-refractivity contribution is 6.02. The van der Waals surface area contributed by atoms with Gasteiger partial charge in [0, 0.05) is 52.4 Å². The predicted octanol–water partition coefficient (Wildman–Crippen LogP) is -1.71. The molecule has 0 aromatic heterocycles. The van der Waals surface area contributed by atoms with Crippen molar-refractivity contribution in [3.8, 4) is 5.75 Å². The maximum absolute atomic E-state index is 13.1. The molecule has 3 rings (SSSR count). The van der Waals surface area contributed by atoms with E-state index in [2.05, 4.69) is 16.2 Å². The van der Waals surface area contributed by atoms with Gasteiger partial charge in [0.2, 0.25) is 5.91 Å². The van der Waals surface area contributed by atoms with Crippen LogP contribution in [0.15, 0.2) is 36.4 Å². The van der Waals surface area contributed by atoms with Crippen LogP contribution in [0.1, 0.15) is 17.3 Å². The number of nitrogens with one attached hydrogen (secondary N) is 3. The number of benzene rings is 2. The molecule has 17 heteroatoms. The molecule has 0 saturated carbocycles. The molecule has 0 bridgehead atoms. The molecule has 3 amide bonds. The van der Waals surface area contributed by atoms with Gasteiger partial charge in [-0.1, -0.05) is 24.3 Å². The van der Waals surface area contributed by atoms with Gasteiger partial charge in [0.15, 0.2) is 0 Å². The number of hydrogen-bond acceptors (Lipinski definition) is 11. The molecule has 1 aliphatic rings. The molecule has 1 aliphatic heterocycles. The molecule has 7 N–H and O–H groups in total. The van der Waals surface area contributed by atoms with Crippen molar-refractivity contribution in [2.24, 2.45) is 0 Å². The molecule has 1 atom stereocenters. The Morgan fingerprint density at radius 2 is 1.15 bits per heavy atom. The van der Waals surface area contributed by atoms with Gasteiger partial charge in [0.1, 0.15) is 5.75 Å². The Hall–Kier alpha value is -4.84. The van der Waals surface area contributed by atoms with E-state index in [4.69, 9.17) is 0 Å². The highest BCUT2D eigenvalue weighted by Crippen LogP contribution is 2.24. The van der Waals surface area contributed by atoms with E-state index < -0.39 is 48.2 Å². The first-order valence-corrected chi connectivity index (χ1v) is 15.0. The number of carboxylic acids is 3. The largest absolute Gasteiger partial charge is 0.507 e. The van der Waals surface area contributed by atoms with Crippen LogP contribution in [-0.2, 0) is 24.0 Å². The Bertz CT molecular complexity index is 1420. The number of phenols is 1. The lowest BCUT2D eigenvalue weighted by molar-refractivity contribution is -0.140. The van der Waals surface area contributed by atoms with Gasteiger partial charge in [-0.05, 0) is 29.8 Å². The predicted molar refractivity (Wildman–Crippen MR) is 167 cm³/mol. The quantitative estimate of drug-likeness (QED) is 0.133. The number of carbonyl (C=O) groups is 6. The summed E-state index contributed by atoms with van der Waals surface area (Å²) in [6, 6.07) is 9.21. The van der Waals surface area contributed by atoms with Crippen LogP contribution >= 0.6 is 0 Å². The summed E-state index contributed by atoms with van der Waals surface area (Å²) < 4.78 is 0. The van der Waals surface area contributed by atoms with Crippen molar-refractivity contribution in [1.29, 1.82) is 0 Å². The van der Waals surface area contributed by atoms with E-state index in [0.717, 1.165) is 5.39 Å². The standard InChI is InChI=1S/C30H41N7O10/c1-20(29(46)31-16-25(39)32-33-30(47)23-14-21-4-2-3-5-22(21)15-24(23)38)37-12-10-35(18-27(42)43)8-6-34(17-26(40)41)7-9-36(11-13-37)19-28(44)45/h2-5,14-15,20,38H,6-13,16-19H2,1H3,(H,31,46)(H,32,39)(H,33,47)(H,40,41)(H,42,43)(H,44,45). The molecule has 0 spiro atoms. The molecule has 1 heterocycles. The molecule has 2 aromatic rings. The Balaban J connectivity index is 1.60. The summed E-state index contributed by atoms with van der Waals surface area (Å²) >= 11 is 0. The third-order valence-corrected chi connectivity index (χ3v) is 7.72. The van der Waals surface area contributed by atoms with Crippen molar-refractivity contribution in [2.75, 3.05) is 78.5 Å². The molecule has 0 aliphatic carbocycles. The lowest BCUT2D eigenvalue weighted by Gasteiger charge is -2.35. The third kappa shape index (κ3) is 12.1. The average Bonchev–Trinajstić information content (AvgIpc) is 3.01. The molecule has 1 saturated heterocycles. The minimum absolute atomic E-state index is 0.0551. The Kier molecular flexibility index (Phi) is 13.8. The van der Waals surface area contributed by atoms with Gasteiger partial charge in [-0.3, -0.25) is 59.2 Å². The van der Waals surface area contributed by atoms with Crippen LogP contribution in [0.5, 0.6) is 5.75 Å². The highest BCUT2D eigenvalue weighted by atomic mass is 16.4. The van der Waals surface area contributed by atoms with Gasteiger partial charge in [-0.25, -0.2) is 0 Å². The zero-order valence-electron chi connectivity index (χ0n) is 26.1. The van der Waals surface area contributed by atoms with Crippen molar-refractivity contribution in [3.63, 3.8) is 0 Å². The summed E-state index contributed by atoms with van der Waals surface area (Å²) in [4.78, 5) is 79.1. The van der Waals surface area contributed by atoms with Crippen LogP contribution in [0.25, 0.3) is 10.8 Å². The van der Waals surface area contributed by atoms with Crippen LogP contribution in [-0.4, -0.2) is 160 Å². The number of rotatable bonds is 11. The summed E-state index contributed by atoms with van der Waals surface area (Å²) in [6.07, 6.45) is 0. The number of carbonyl (C=O) groups excluding carboxylic acids is 3. The molecular formula is C30H41N7O10. The third-order valence-electron chi connectivity index (χ3n) is 7.72. The van der Waals surface area contributed by atoms with Gasteiger partial charge in [-0.15, -0.1) is 0 Å². The summed E-state index contributed by atoms with van der Waals surface area (Å²) in [7, 11) is 0. The second kappa shape index (κ2) is 17.7. The number of fused-ring (bicyclic) bond motifs is 1. The molecule has 1 fully saturated rings. The first-order chi connectivity index (χ1) is 22.3. The lowest BCUT2D eigenvalue weighted by atomic mass is 10.1. The van der Waals surface area contributed by atoms with E-state index in [1.807, 2.05) is 0 Å². The Morgan fingerprint density at radius 1 is 0.702 bits per heavy atom. The van der Waals surface area contributed by atoms with Crippen LogP contribution in [0.2, 0.25) is 0 Å². The van der Waals surface area contributed by atoms with Crippen molar-refractivity contribution in [3.05, 3.63) is 42.0 Å². The minimum Gasteiger partial charge on any atom is -0.507 e. The topological polar surface area (TPSA) is 232 Å². The van der Waals surface area contributed by atoms with Crippen LogP contribution in [0.3, 0.4) is 0 Å². The fourth-order valence-corrected chi connectivity index (χ4v) is 5.12. The number of aliphatic carboxylic acids is 3. The molecule has 256 valence electrons. The first kappa shape index (κ1) is 36.6. The van der Waals surface area contributed by atoms with Crippen molar-refractivity contribution in [1.82, 2.24) is 35.8 Å². The fraction of sp³-hybridized carbons (Fsp3) is 0.467. The fourth-order valence-electron chi connectivity index (χ4n) is 5.12. The van der Waals surface area contributed by atoms with E-state index in [9.17, 15) is 49.2 Å². The molecule has 0 radical (unpaired) electrons. The maximum atomic E-state index is 13.1. The average molecular weight is 660 g/mol. The summed E-state index contributed by atoms with van der Waals surface area (Å²) in [5, 5.41) is 42.3. The molecule has 2 aromatic carbocycles.